The summed E-state index contributed by atoms with van der Waals surface area (Å²) in [5.74, 6) is 0.746. The molecule has 0 aromatic heterocycles. The van der Waals surface area contributed by atoms with Gasteiger partial charge in [0, 0.05) is 0 Å². The van der Waals surface area contributed by atoms with Gasteiger partial charge in [-0.15, -0.1) is 0 Å². The molecule has 1 atom stereocenters. The normalized spacial score (nSPS) is 32.6. The summed E-state index contributed by atoms with van der Waals surface area (Å²) in [7, 11) is 0. The maximum Gasteiger partial charge on any atom is 0.142 e. The molecule has 0 aromatic rings. The summed E-state index contributed by atoms with van der Waals surface area (Å²) >= 11 is 0. The van der Waals surface area contributed by atoms with Gasteiger partial charge in [0.15, 0.2) is 0 Å². The van der Waals surface area contributed by atoms with Crippen molar-refractivity contribution in [3.05, 3.63) is 11.6 Å². The molecule has 0 amide bonds. The monoisotopic (exact) mass is 152 g/mol. The van der Waals surface area contributed by atoms with Crippen molar-refractivity contribution >= 4 is 6.29 Å². The number of carbonyl (C=O) groups is 1. The molecule has 0 heterocycles. The quantitative estimate of drug-likeness (QED) is 0.417. The second-order valence-corrected chi connectivity index (χ2v) is 4.23. The fourth-order valence-corrected chi connectivity index (χ4v) is 2.10. The second-order valence-electron chi connectivity index (χ2n) is 4.23. The Bertz CT molecular complexity index is 189. The van der Waals surface area contributed by atoms with Crippen LogP contribution >= 0.6 is 0 Å². The molecular weight excluding hydrogens is 136 g/mol. The lowest BCUT2D eigenvalue weighted by atomic mass is 9.86. The van der Waals surface area contributed by atoms with Gasteiger partial charge in [-0.3, -0.25) is 4.79 Å². The molecule has 0 aromatic carbocycles. The predicted molar refractivity (Wildman–Crippen MR) is 46.3 cm³/mol. The number of allylic oxidation sites excluding steroid dienone is 2. The summed E-state index contributed by atoms with van der Waals surface area (Å²) in [6.07, 6.45) is 4.97. The second kappa shape index (κ2) is 2.80. The third-order valence-corrected chi connectivity index (χ3v) is 2.57. The molecular formula is C10H16O. The standard InChI is InChI=1S/C10H16O/c1-8-6-9(4-5-11)10(2,3)7-8/h4-5,8H,6-7H2,1-3H3/b9-4+. The Hall–Kier alpha value is -0.590. The summed E-state index contributed by atoms with van der Waals surface area (Å²) in [5.41, 5.74) is 1.58. The van der Waals surface area contributed by atoms with Crippen LogP contribution in [-0.4, -0.2) is 6.29 Å². The number of rotatable bonds is 1. The van der Waals surface area contributed by atoms with Gasteiger partial charge in [0.1, 0.15) is 6.29 Å². The minimum atomic E-state index is 0.264. The SMILES string of the molecule is CC1C/C(=C\C=O)C(C)(C)C1. The van der Waals surface area contributed by atoms with Gasteiger partial charge in [-0.25, -0.2) is 0 Å². The van der Waals surface area contributed by atoms with Crippen molar-refractivity contribution in [2.45, 2.75) is 33.6 Å². The first-order valence-electron chi connectivity index (χ1n) is 4.21. The molecule has 0 saturated heterocycles. The number of hydrogen-bond donors (Lipinski definition) is 0. The van der Waals surface area contributed by atoms with Crippen LogP contribution < -0.4 is 0 Å². The smallest absolute Gasteiger partial charge is 0.142 e. The number of carbonyl (C=O) groups excluding carboxylic acids is 1. The molecule has 1 aliphatic rings. The van der Waals surface area contributed by atoms with E-state index in [1.54, 1.807) is 6.08 Å². The van der Waals surface area contributed by atoms with Crippen LogP contribution in [0.2, 0.25) is 0 Å². The van der Waals surface area contributed by atoms with E-state index in [0.29, 0.717) is 0 Å². The maximum atomic E-state index is 10.3. The predicted octanol–water partition coefficient (Wildman–Crippen LogP) is 2.57. The van der Waals surface area contributed by atoms with Crippen LogP contribution in [0.3, 0.4) is 0 Å². The highest BCUT2D eigenvalue weighted by molar-refractivity contribution is 5.66. The van der Waals surface area contributed by atoms with E-state index >= 15 is 0 Å². The van der Waals surface area contributed by atoms with Gasteiger partial charge in [0.2, 0.25) is 0 Å². The maximum absolute atomic E-state index is 10.3. The van der Waals surface area contributed by atoms with E-state index in [4.69, 9.17) is 0 Å². The van der Waals surface area contributed by atoms with Gasteiger partial charge in [0.05, 0.1) is 0 Å². The molecule has 1 nitrogen and oxygen atoms in total. The largest absolute Gasteiger partial charge is 0.299 e. The van der Waals surface area contributed by atoms with Gasteiger partial charge in [0.25, 0.3) is 0 Å². The molecule has 11 heavy (non-hydrogen) atoms. The Kier molecular flexibility index (Phi) is 2.17. The van der Waals surface area contributed by atoms with Gasteiger partial charge in [-0.05, 0) is 30.3 Å². The zero-order valence-electron chi connectivity index (χ0n) is 7.55. The molecule has 1 unspecified atom stereocenters. The van der Waals surface area contributed by atoms with E-state index < -0.39 is 0 Å². The third-order valence-electron chi connectivity index (χ3n) is 2.57. The molecule has 1 fully saturated rings. The molecule has 1 aliphatic carbocycles. The van der Waals surface area contributed by atoms with Crippen molar-refractivity contribution in [1.82, 2.24) is 0 Å². The zero-order valence-corrected chi connectivity index (χ0v) is 7.55. The number of aldehydes is 1. The topological polar surface area (TPSA) is 17.1 Å². The summed E-state index contributed by atoms with van der Waals surface area (Å²) in [4.78, 5) is 10.3. The van der Waals surface area contributed by atoms with Crippen molar-refractivity contribution in [2.75, 3.05) is 0 Å². The van der Waals surface area contributed by atoms with Crippen LogP contribution in [0.5, 0.6) is 0 Å². The van der Waals surface area contributed by atoms with E-state index in [9.17, 15) is 4.79 Å². The first kappa shape index (κ1) is 8.51. The van der Waals surface area contributed by atoms with E-state index in [2.05, 4.69) is 20.8 Å². The van der Waals surface area contributed by atoms with Crippen molar-refractivity contribution in [3.63, 3.8) is 0 Å². The van der Waals surface area contributed by atoms with Gasteiger partial charge >= 0.3 is 0 Å². The Morgan fingerprint density at radius 1 is 1.55 bits per heavy atom. The lowest BCUT2D eigenvalue weighted by Gasteiger charge is -2.18. The van der Waals surface area contributed by atoms with Crippen LogP contribution in [0, 0.1) is 11.3 Å². The Labute approximate surface area is 68.5 Å². The van der Waals surface area contributed by atoms with Gasteiger partial charge in [-0.2, -0.15) is 0 Å². The van der Waals surface area contributed by atoms with Gasteiger partial charge in [-0.1, -0.05) is 26.3 Å². The summed E-state index contributed by atoms with van der Waals surface area (Å²) in [6, 6.07) is 0. The lowest BCUT2D eigenvalue weighted by molar-refractivity contribution is -0.104. The van der Waals surface area contributed by atoms with E-state index in [1.165, 1.54) is 12.0 Å². The van der Waals surface area contributed by atoms with Crippen molar-refractivity contribution in [3.8, 4) is 0 Å². The third kappa shape index (κ3) is 1.70. The minimum Gasteiger partial charge on any atom is -0.299 e. The van der Waals surface area contributed by atoms with E-state index in [0.717, 1.165) is 18.6 Å². The zero-order chi connectivity index (χ0) is 8.48. The Morgan fingerprint density at radius 3 is 2.55 bits per heavy atom. The molecule has 62 valence electrons. The van der Waals surface area contributed by atoms with Crippen molar-refractivity contribution in [2.24, 2.45) is 11.3 Å². The first-order chi connectivity index (χ1) is 5.06. The molecule has 0 N–H and O–H groups in total. The first-order valence-corrected chi connectivity index (χ1v) is 4.21. The van der Waals surface area contributed by atoms with Crippen LogP contribution in [0.25, 0.3) is 0 Å². The average molecular weight is 152 g/mol. The highest BCUT2D eigenvalue weighted by Gasteiger charge is 2.32. The van der Waals surface area contributed by atoms with E-state index in [1.807, 2.05) is 0 Å². The highest BCUT2D eigenvalue weighted by Crippen LogP contribution is 2.44. The molecule has 0 spiro atoms. The van der Waals surface area contributed by atoms with Crippen LogP contribution in [0.4, 0.5) is 0 Å². The fourth-order valence-electron chi connectivity index (χ4n) is 2.10. The molecule has 0 bridgehead atoms. The lowest BCUT2D eigenvalue weighted by Crippen LogP contribution is -2.07. The Morgan fingerprint density at radius 2 is 2.18 bits per heavy atom. The Balaban J connectivity index is 2.81. The average Bonchev–Trinajstić information content (AvgIpc) is 2.07. The van der Waals surface area contributed by atoms with Crippen molar-refractivity contribution < 1.29 is 4.79 Å². The highest BCUT2D eigenvalue weighted by atomic mass is 16.1. The molecule has 1 heteroatoms. The summed E-state index contributed by atoms with van der Waals surface area (Å²) < 4.78 is 0. The summed E-state index contributed by atoms with van der Waals surface area (Å²) in [5, 5.41) is 0. The molecule has 0 radical (unpaired) electrons. The fraction of sp³-hybridized carbons (Fsp3) is 0.700. The van der Waals surface area contributed by atoms with Crippen LogP contribution in [0.15, 0.2) is 11.6 Å². The minimum absolute atomic E-state index is 0.264. The van der Waals surface area contributed by atoms with Crippen LogP contribution in [0.1, 0.15) is 33.6 Å². The number of hydrogen-bond acceptors (Lipinski definition) is 1. The molecule has 1 saturated carbocycles. The molecule has 1 rings (SSSR count). The molecule has 0 aliphatic heterocycles. The van der Waals surface area contributed by atoms with Crippen LogP contribution in [-0.2, 0) is 4.79 Å². The summed E-state index contributed by atoms with van der Waals surface area (Å²) in [6.45, 7) is 6.67. The van der Waals surface area contributed by atoms with Crippen molar-refractivity contribution in [1.29, 1.82) is 0 Å². The van der Waals surface area contributed by atoms with E-state index in [-0.39, 0.29) is 5.41 Å². The van der Waals surface area contributed by atoms with Gasteiger partial charge < -0.3 is 0 Å².